The molecular weight excluding hydrogens is 228 g/mol. The predicted molar refractivity (Wildman–Crippen MR) is 56.2 cm³/mol. The van der Waals surface area contributed by atoms with Crippen LogP contribution in [0, 0.1) is 0 Å². The van der Waals surface area contributed by atoms with Crippen LogP contribution < -0.4 is 4.74 Å². The molecule has 17 heavy (non-hydrogen) atoms. The molecule has 0 aliphatic rings. The van der Waals surface area contributed by atoms with Crippen LogP contribution in [0.25, 0.3) is 0 Å². The average molecular weight is 242 g/mol. The van der Waals surface area contributed by atoms with Gasteiger partial charge in [-0.2, -0.15) is 0 Å². The van der Waals surface area contributed by atoms with Gasteiger partial charge in [0.05, 0.1) is 32.4 Å². The number of carbonyl (C=O) groups is 1. The monoisotopic (exact) mass is 242 g/mol. The van der Waals surface area contributed by atoms with Crippen LogP contribution in [0.5, 0.6) is 5.88 Å². The molecule has 7 heteroatoms. The fraction of sp³-hybridized carbons (Fsp3) is 0.500. The summed E-state index contributed by atoms with van der Waals surface area (Å²) in [6, 6.07) is 2.95. The second kappa shape index (κ2) is 6.12. The van der Waals surface area contributed by atoms with Crippen molar-refractivity contribution in [3.05, 3.63) is 17.8 Å². The topological polar surface area (TPSA) is 102 Å². The Bertz CT molecular complexity index is 367. The van der Waals surface area contributed by atoms with Crippen LogP contribution in [0.1, 0.15) is 18.2 Å². The molecule has 1 heterocycles. The van der Waals surface area contributed by atoms with Gasteiger partial charge >= 0.3 is 5.97 Å². The van der Waals surface area contributed by atoms with Gasteiger partial charge in [-0.15, -0.1) is 10.2 Å². The molecule has 0 fully saturated rings. The van der Waals surface area contributed by atoms with Crippen molar-refractivity contribution in [2.24, 2.45) is 0 Å². The molecule has 0 aliphatic heterocycles. The molecule has 2 atom stereocenters. The zero-order valence-corrected chi connectivity index (χ0v) is 9.53. The normalized spacial score (nSPS) is 13.9. The first-order valence-corrected chi connectivity index (χ1v) is 4.89. The molecule has 0 aromatic carbocycles. The molecule has 94 valence electrons. The third-order valence-corrected chi connectivity index (χ3v) is 2.14. The van der Waals surface area contributed by atoms with E-state index in [0.717, 1.165) is 0 Å². The standard InChI is InChI=1S/C10H14N2O5/c1-16-8-4-3-6(11-12-8)10(15)7(13)5-9(14)17-2/h3-4,7,10,13,15H,5H2,1-2H3. The Morgan fingerprint density at radius 3 is 2.53 bits per heavy atom. The minimum absolute atomic E-state index is 0.155. The lowest BCUT2D eigenvalue weighted by Gasteiger charge is -2.15. The molecule has 0 saturated carbocycles. The van der Waals surface area contributed by atoms with Crippen LogP contribution in [-0.2, 0) is 9.53 Å². The zero-order chi connectivity index (χ0) is 12.8. The van der Waals surface area contributed by atoms with Gasteiger partial charge in [0.25, 0.3) is 0 Å². The van der Waals surface area contributed by atoms with Crippen molar-refractivity contribution in [3.8, 4) is 5.88 Å². The number of hydrogen-bond donors (Lipinski definition) is 2. The van der Waals surface area contributed by atoms with Crippen molar-refractivity contribution in [3.63, 3.8) is 0 Å². The highest BCUT2D eigenvalue weighted by Gasteiger charge is 2.23. The van der Waals surface area contributed by atoms with Gasteiger partial charge in [0.2, 0.25) is 5.88 Å². The SMILES string of the molecule is COC(=O)CC(O)C(O)c1ccc(OC)nn1. The summed E-state index contributed by atoms with van der Waals surface area (Å²) in [6.45, 7) is 0. The van der Waals surface area contributed by atoms with Gasteiger partial charge in [-0.3, -0.25) is 4.79 Å². The second-order valence-corrected chi connectivity index (χ2v) is 3.29. The molecule has 0 spiro atoms. The van der Waals surface area contributed by atoms with E-state index in [0.29, 0.717) is 5.88 Å². The van der Waals surface area contributed by atoms with Crippen molar-refractivity contribution >= 4 is 5.97 Å². The summed E-state index contributed by atoms with van der Waals surface area (Å²) in [7, 11) is 2.64. The number of ether oxygens (including phenoxy) is 2. The average Bonchev–Trinajstić information content (AvgIpc) is 2.37. The number of esters is 1. The fourth-order valence-corrected chi connectivity index (χ4v) is 1.16. The minimum Gasteiger partial charge on any atom is -0.480 e. The Balaban J connectivity index is 2.67. The van der Waals surface area contributed by atoms with Crippen molar-refractivity contribution in [1.29, 1.82) is 0 Å². The third kappa shape index (κ3) is 3.65. The van der Waals surface area contributed by atoms with Gasteiger partial charge < -0.3 is 19.7 Å². The lowest BCUT2D eigenvalue weighted by Crippen LogP contribution is -2.23. The highest BCUT2D eigenvalue weighted by atomic mass is 16.5. The van der Waals surface area contributed by atoms with Crippen molar-refractivity contribution in [1.82, 2.24) is 10.2 Å². The molecule has 7 nitrogen and oxygen atoms in total. The van der Waals surface area contributed by atoms with E-state index in [2.05, 4.69) is 14.9 Å². The molecular formula is C10H14N2O5. The number of hydrogen-bond acceptors (Lipinski definition) is 7. The first-order valence-electron chi connectivity index (χ1n) is 4.89. The van der Waals surface area contributed by atoms with Crippen LogP contribution in [0.15, 0.2) is 12.1 Å². The van der Waals surface area contributed by atoms with Crippen molar-refractivity contribution in [2.45, 2.75) is 18.6 Å². The van der Waals surface area contributed by atoms with Crippen LogP contribution in [0.3, 0.4) is 0 Å². The Morgan fingerprint density at radius 2 is 2.06 bits per heavy atom. The summed E-state index contributed by atoms with van der Waals surface area (Å²) in [5, 5.41) is 26.6. The number of aliphatic hydroxyl groups is 2. The summed E-state index contributed by atoms with van der Waals surface area (Å²) in [6.07, 6.45) is -2.90. The maximum atomic E-state index is 10.9. The number of nitrogens with zero attached hydrogens (tertiary/aromatic N) is 2. The lowest BCUT2D eigenvalue weighted by molar-refractivity contribution is -0.144. The van der Waals surface area contributed by atoms with Gasteiger partial charge in [0.1, 0.15) is 6.10 Å². The predicted octanol–water partition coefficient (Wildman–Crippen LogP) is -0.557. The van der Waals surface area contributed by atoms with E-state index in [1.54, 1.807) is 0 Å². The van der Waals surface area contributed by atoms with Crippen LogP contribution >= 0.6 is 0 Å². The Hall–Kier alpha value is -1.73. The summed E-state index contributed by atoms with van der Waals surface area (Å²) in [5.41, 5.74) is 0.155. The largest absolute Gasteiger partial charge is 0.480 e. The molecule has 0 radical (unpaired) electrons. The van der Waals surface area contributed by atoms with Gasteiger partial charge in [-0.1, -0.05) is 0 Å². The molecule has 0 aliphatic carbocycles. The van der Waals surface area contributed by atoms with E-state index in [9.17, 15) is 15.0 Å². The summed E-state index contributed by atoms with van der Waals surface area (Å²) in [5.74, 6) is -0.318. The molecule has 1 aromatic heterocycles. The quantitative estimate of drug-likeness (QED) is 0.667. The Labute approximate surface area is 98.0 Å². The maximum Gasteiger partial charge on any atom is 0.308 e. The maximum absolute atomic E-state index is 10.9. The van der Waals surface area contributed by atoms with Crippen LogP contribution in [0.4, 0.5) is 0 Å². The van der Waals surface area contributed by atoms with Crippen molar-refractivity contribution < 1.29 is 24.5 Å². The molecule has 0 bridgehead atoms. The molecule has 0 saturated heterocycles. The van der Waals surface area contributed by atoms with Gasteiger partial charge in [0.15, 0.2) is 0 Å². The summed E-state index contributed by atoms with van der Waals surface area (Å²) in [4.78, 5) is 10.9. The Kier molecular flexibility index (Phi) is 4.80. The smallest absolute Gasteiger partial charge is 0.308 e. The van der Waals surface area contributed by atoms with Crippen LogP contribution in [0.2, 0.25) is 0 Å². The highest BCUT2D eigenvalue weighted by molar-refractivity contribution is 5.69. The zero-order valence-electron chi connectivity index (χ0n) is 9.53. The summed E-state index contributed by atoms with van der Waals surface area (Å²) < 4.78 is 9.18. The third-order valence-electron chi connectivity index (χ3n) is 2.14. The number of rotatable bonds is 5. The molecule has 2 unspecified atom stereocenters. The fourth-order valence-electron chi connectivity index (χ4n) is 1.16. The van der Waals surface area contributed by atoms with Gasteiger partial charge in [0, 0.05) is 6.07 Å². The van der Waals surface area contributed by atoms with E-state index in [1.165, 1.54) is 26.4 Å². The highest BCUT2D eigenvalue weighted by Crippen LogP contribution is 2.17. The van der Waals surface area contributed by atoms with E-state index in [-0.39, 0.29) is 12.1 Å². The van der Waals surface area contributed by atoms with E-state index >= 15 is 0 Å². The van der Waals surface area contributed by atoms with E-state index in [1.807, 2.05) is 0 Å². The van der Waals surface area contributed by atoms with Crippen molar-refractivity contribution in [2.75, 3.05) is 14.2 Å². The first kappa shape index (κ1) is 13.3. The minimum atomic E-state index is -1.30. The Morgan fingerprint density at radius 1 is 1.35 bits per heavy atom. The molecule has 2 N–H and O–H groups in total. The van der Waals surface area contributed by atoms with E-state index in [4.69, 9.17) is 4.74 Å². The first-order chi connectivity index (χ1) is 8.08. The lowest BCUT2D eigenvalue weighted by atomic mass is 10.1. The number of methoxy groups -OCH3 is 2. The number of aromatic nitrogens is 2. The van der Waals surface area contributed by atoms with Crippen LogP contribution in [-0.4, -0.2) is 46.7 Å². The molecule has 1 rings (SSSR count). The number of carbonyl (C=O) groups excluding carboxylic acids is 1. The van der Waals surface area contributed by atoms with Gasteiger partial charge in [-0.05, 0) is 6.07 Å². The summed E-state index contributed by atoms with van der Waals surface area (Å²) >= 11 is 0. The second-order valence-electron chi connectivity index (χ2n) is 3.29. The molecule has 0 amide bonds. The van der Waals surface area contributed by atoms with E-state index < -0.39 is 18.2 Å². The van der Waals surface area contributed by atoms with Gasteiger partial charge in [-0.25, -0.2) is 0 Å². The molecule has 1 aromatic rings. The number of aliphatic hydroxyl groups excluding tert-OH is 2.